The van der Waals surface area contributed by atoms with Crippen molar-refractivity contribution in [2.75, 3.05) is 0 Å². The van der Waals surface area contributed by atoms with Crippen molar-refractivity contribution >= 4 is 36.1 Å². The molecule has 0 rings (SSSR count). The van der Waals surface area contributed by atoms with Gasteiger partial charge >= 0.3 is 36.5 Å². The Kier molecular flexibility index (Phi) is 13.1. The minimum Gasteiger partial charge on any atom is -0.844 e. The van der Waals surface area contributed by atoms with Crippen molar-refractivity contribution < 1.29 is 33.5 Å². The van der Waals surface area contributed by atoms with Crippen molar-refractivity contribution in [3.05, 3.63) is 0 Å². The maximum absolute atomic E-state index is 8.92. The standard InChI is InChI=1S/Ge.Li.H3O3PS/c;;1-4(2,3)5/h;;(H3,1,2,3,5)/q+2;+1;/p-3. The van der Waals surface area contributed by atoms with Gasteiger partial charge in [0, 0.05) is 0 Å². The summed E-state index contributed by atoms with van der Waals surface area (Å²) in [7, 11) is 0. The predicted octanol–water partition coefficient (Wildman–Crippen LogP) is -6.08. The molecule has 0 unspecified atom stereocenters. The third-order valence-electron chi connectivity index (χ3n) is 0. The van der Waals surface area contributed by atoms with Crippen LogP contribution in [0, 0.1) is 0 Å². The van der Waals surface area contributed by atoms with Crippen molar-refractivity contribution in [2.24, 2.45) is 0 Å². The predicted molar refractivity (Wildman–Crippen MR) is 20.0 cm³/mol. The fourth-order valence-corrected chi connectivity index (χ4v) is 0. The van der Waals surface area contributed by atoms with Gasteiger partial charge in [0.2, 0.25) is 0 Å². The second-order valence-corrected chi connectivity index (χ2v) is 2.68. The molecule has 0 aliphatic heterocycles. The number of hydrogen-bond acceptors (Lipinski definition) is 4. The van der Waals surface area contributed by atoms with E-state index in [0.29, 0.717) is 0 Å². The van der Waals surface area contributed by atoms with Crippen LogP contribution in [-0.2, 0) is 11.8 Å². The first-order valence-corrected chi connectivity index (χ1v) is 3.29. The molecule has 0 fully saturated rings. The van der Waals surface area contributed by atoms with Crippen LogP contribution in [0.25, 0.3) is 0 Å². The van der Waals surface area contributed by atoms with Crippen LogP contribution < -0.4 is 33.5 Å². The van der Waals surface area contributed by atoms with E-state index in [0.717, 1.165) is 0 Å². The van der Waals surface area contributed by atoms with E-state index in [9.17, 15) is 0 Å². The van der Waals surface area contributed by atoms with Gasteiger partial charge in [-0.1, -0.05) is 0 Å². The molecular weight excluding hydrogens is 191 g/mol. The molecule has 7 heavy (non-hydrogen) atoms. The molecule has 0 aliphatic rings. The summed E-state index contributed by atoms with van der Waals surface area (Å²) in [4.78, 5) is 26.8. The minimum atomic E-state index is -4.56. The molecule has 0 saturated heterocycles. The first kappa shape index (κ1) is 15.9. The van der Waals surface area contributed by atoms with Gasteiger partial charge < -0.3 is 21.4 Å². The van der Waals surface area contributed by atoms with Crippen LogP contribution in [-0.4, -0.2) is 17.6 Å². The molecule has 0 aromatic heterocycles. The normalized spacial score (nSPS) is 8.43. The second kappa shape index (κ2) is 5.80. The quantitative estimate of drug-likeness (QED) is 0.282. The van der Waals surface area contributed by atoms with E-state index in [1.807, 2.05) is 0 Å². The Morgan fingerprint density at radius 2 is 1.14 bits per heavy atom. The van der Waals surface area contributed by atoms with Crippen molar-refractivity contribution in [3.8, 4) is 0 Å². The zero-order valence-corrected chi connectivity index (χ0v) is 7.39. The molecule has 0 amide bonds. The summed E-state index contributed by atoms with van der Waals surface area (Å²) in [5.41, 5.74) is 0. The Labute approximate surface area is 69.5 Å². The third-order valence-corrected chi connectivity index (χ3v) is 0. The molecule has 2 radical (unpaired) electrons. The molecular formula is GeLiO3PS. The third kappa shape index (κ3) is 88.4. The molecule has 0 heterocycles. The van der Waals surface area contributed by atoms with Gasteiger partial charge in [-0.15, -0.1) is 0 Å². The van der Waals surface area contributed by atoms with Gasteiger partial charge in [-0.05, 0) is 0 Å². The molecule has 0 saturated carbocycles. The Morgan fingerprint density at radius 1 is 1.14 bits per heavy atom. The van der Waals surface area contributed by atoms with Gasteiger partial charge in [0.25, 0.3) is 0 Å². The van der Waals surface area contributed by atoms with Crippen LogP contribution in [0.15, 0.2) is 0 Å². The topological polar surface area (TPSA) is 69.2 Å². The molecule has 0 N–H and O–H groups in total. The van der Waals surface area contributed by atoms with Crippen molar-refractivity contribution in [3.63, 3.8) is 0 Å². The fourth-order valence-electron chi connectivity index (χ4n) is 0. The summed E-state index contributed by atoms with van der Waals surface area (Å²) >= 11 is 3.27. The average molecular weight is 191 g/mol. The van der Waals surface area contributed by atoms with E-state index in [1.54, 1.807) is 0 Å². The summed E-state index contributed by atoms with van der Waals surface area (Å²) in [5, 5.41) is 0. The molecule has 7 heteroatoms. The first-order valence-electron chi connectivity index (χ1n) is 0.730. The van der Waals surface area contributed by atoms with Gasteiger partial charge in [0.1, 0.15) is 0 Å². The molecule has 0 atom stereocenters. The Morgan fingerprint density at radius 3 is 1.14 bits per heavy atom. The summed E-state index contributed by atoms with van der Waals surface area (Å²) < 4.78 is 0. The maximum Gasteiger partial charge on any atom is 2.00 e. The zero-order chi connectivity index (χ0) is 4.50. The van der Waals surface area contributed by atoms with Crippen LogP contribution in [0.2, 0.25) is 0 Å². The Balaban J connectivity index is -0.0000000800. The molecule has 0 aromatic carbocycles. The number of hydrogen-bond donors (Lipinski definition) is 0. The summed E-state index contributed by atoms with van der Waals surface area (Å²) in [5.74, 6) is 0. The minimum absolute atomic E-state index is 0. The zero-order valence-electron chi connectivity index (χ0n) is 3.58. The molecule has 34 valence electrons. The van der Waals surface area contributed by atoms with E-state index in [-0.39, 0.29) is 36.5 Å². The van der Waals surface area contributed by atoms with E-state index in [4.69, 9.17) is 14.7 Å². The Bertz CT molecular complexity index is 61.1. The maximum atomic E-state index is 8.92. The van der Waals surface area contributed by atoms with Gasteiger partial charge in [-0.3, -0.25) is 0 Å². The van der Waals surface area contributed by atoms with Crippen LogP contribution in [0.3, 0.4) is 0 Å². The number of rotatable bonds is 0. The second-order valence-electron chi connectivity index (χ2n) is 0.447. The SMILES string of the molecule is [Ge+2].[Li+].[O-]P([O-])([O-])=S. The first-order chi connectivity index (χ1) is 2.00. The monoisotopic (exact) mass is 192 g/mol. The molecule has 0 spiro atoms. The van der Waals surface area contributed by atoms with Crippen LogP contribution in [0.4, 0.5) is 0 Å². The molecule has 3 nitrogen and oxygen atoms in total. The van der Waals surface area contributed by atoms with Gasteiger partial charge in [-0.2, -0.15) is 11.8 Å². The van der Waals surface area contributed by atoms with Crippen molar-refractivity contribution in [1.82, 2.24) is 0 Å². The molecule has 0 aromatic rings. The Hall–Kier alpha value is 1.67. The van der Waals surface area contributed by atoms with Crippen LogP contribution in [0.5, 0.6) is 0 Å². The van der Waals surface area contributed by atoms with E-state index in [2.05, 4.69) is 11.8 Å². The molecule has 0 aliphatic carbocycles. The summed E-state index contributed by atoms with van der Waals surface area (Å²) in [6.07, 6.45) is 0. The van der Waals surface area contributed by atoms with Crippen LogP contribution >= 0.6 is 6.72 Å². The van der Waals surface area contributed by atoms with Crippen molar-refractivity contribution in [2.45, 2.75) is 0 Å². The largest absolute Gasteiger partial charge is 2.00 e. The van der Waals surface area contributed by atoms with Gasteiger partial charge in [0.05, 0.1) is 0 Å². The summed E-state index contributed by atoms with van der Waals surface area (Å²) in [6, 6.07) is 0. The fraction of sp³-hybridized carbons (Fsp3) is 0. The van der Waals surface area contributed by atoms with Gasteiger partial charge in [-0.25, -0.2) is 0 Å². The van der Waals surface area contributed by atoms with E-state index >= 15 is 0 Å². The van der Waals surface area contributed by atoms with Gasteiger partial charge in [0.15, 0.2) is 0 Å². The van der Waals surface area contributed by atoms with E-state index in [1.165, 1.54) is 0 Å². The molecule has 0 bridgehead atoms. The summed E-state index contributed by atoms with van der Waals surface area (Å²) in [6.45, 7) is -4.56. The van der Waals surface area contributed by atoms with Crippen LogP contribution in [0.1, 0.15) is 0 Å². The van der Waals surface area contributed by atoms with E-state index < -0.39 is 6.72 Å². The smallest absolute Gasteiger partial charge is 0.844 e. The van der Waals surface area contributed by atoms with Crippen molar-refractivity contribution in [1.29, 1.82) is 0 Å². The average Bonchev–Trinajstić information content (AvgIpc) is 0.722.